The second-order valence-electron chi connectivity index (χ2n) is 4.44. The third-order valence-corrected chi connectivity index (χ3v) is 3.16. The highest BCUT2D eigenvalue weighted by molar-refractivity contribution is 5.85. The van der Waals surface area contributed by atoms with Gasteiger partial charge >= 0.3 is 0 Å². The van der Waals surface area contributed by atoms with E-state index in [1.54, 1.807) is 18.2 Å². The van der Waals surface area contributed by atoms with Crippen LogP contribution < -0.4 is 5.32 Å². The molecule has 0 radical (unpaired) electrons. The van der Waals surface area contributed by atoms with E-state index in [1.807, 2.05) is 0 Å². The Morgan fingerprint density at radius 3 is 2.84 bits per heavy atom. The molecule has 0 aliphatic carbocycles. The van der Waals surface area contributed by atoms with E-state index in [0.29, 0.717) is 17.3 Å². The summed E-state index contributed by atoms with van der Waals surface area (Å²) < 4.78 is 18.8. The number of benzene rings is 1. The summed E-state index contributed by atoms with van der Waals surface area (Å²) in [7, 11) is 0. The van der Waals surface area contributed by atoms with Crippen molar-refractivity contribution in [2.24, 2.45) is 0 Å². The van der Waals surface area contributed by atoms with Gasteiger partial charge in [-0.1, -0.05) is 23.7 Å². The molecule has 2 heterocycles. The number of hydrogen-bond donors (Lipinski definition) is 1. The van der Waals surface area contributed by atoms with Gasteiger partial charge in [-0.05, 0) is 31.5 Å². The van der Waals surface area contributed by atoms with E-state index in [-0.39, 0.29) is 24.3 Å². The molecule has 3 rings (SSSR count). The van der Waals surface area contributed by atoms with E-state index >= 15 is 0 Å². The number of aromatic nitrogens is 2. The Kier molecular flexibility index (Phi) is 4.50. The van der Waals surface area contributed by atoms with Gasteiger partial charge in [0.2, 0.25) is 11.7 Å². The van der Waals surface area contributed by atoms with Gasteiger partial charge in [0.25, 0.3) is 0 Å². The van der Waals surface area contributed by atoms with Gasteiger partial charge < -0.3 is 9.84 Å². The molecule has 1 saturated heterocycles. The fourth-order valence-electron chi connectivity index (χ4n) is 2.19. The van der Waals surface area contributed by atoms with Gasteiger partial charge in [0.05, 0.1) is 11.6 Å². The van der Waals surface area contributed by atoms with E-state index in [4.69, 9.17) is 4.52 Å². The topological polar surface area (TPSA) is 51.0 Å². The lowest BCUT2D eigenvalue weighted by atomic mass is 10.1. The van der Waals surface area contributed by atoms with E-state index < -0.39 is 0 Å². The maximum absolute atomic E-state index is 13.6. The second kappa shape index (κ2) is 6.12. The third kappa shape index (κ3) is 2.93. The Hall–Kier alpha value is -1.46. The zero-order valence-corrected chi connectivity index (χ0v) is 11.1. The summed E-state index contributed by atoms with van der Waals surface area (Å²) in [6, 6.07) is 6.55. The molecule has 1 aliphatic rings. The van der Waals surface area contributed by atoms with Crippen LogP contribution in [0.1, 0.15) is 31.2 Å². The van der Waals surface area contributed by atoms with Crippen molar-refractivity contribution in [1.29, 1.82) is 0 Å². The lowest BCUT2D eigenvalue weighted by Gasteiger charge is -2.19. The monoisotopic (exact) mass is 283 g/mol. The Labute approximate surface area is 116 Å². The molecule has 1 aliphatic heterocycles. The van der Waals surface area contributed by atoms with Crippen molar-refractivity contribution >= 4 is 12.4 Å². The Morgan fingerprint density at radius 1 is 1.26 bits per heavy atom. The molecule has 1 aromatic heterocycles. The molecular formula is C13H15ClFN3O. The first kappa shape index (κ1) is 14.0. The number of hydrogen-bond acceptors (Lipinski definition) is 4. The van der Waals surface area contributed by atoms with Crippen LogP contribution in [0.25, 0.3) is 11.4 Å². The summed E-state index contributed by atoms with van der Waals surface area (Å²) in [4.78, 5) is 4.28. The smallest absolute Gasteiger partial charge is 0.244 e. The first-order valence-electron chi connectivity index (χ1n) is 6.16. The molecule has 0 bridgehead atoms. The fourth-order valence-corrected chi connectivity index (χ4v) is 2.19. The molecule has 0 spiro atoms. The molecule has 4 nitrogen and oxygen atoms in total. The maximum Gasteiger partial charge on any atom is 0.244 e. The quantitative estimate of drug-likeness (QED) is 0.920. The Bertz CT molecular complexity index is 540. The molecule has 2 aromatic rings. The average molecular weight is 284 g/mol. The van der Waals surface area contributed by atoms with Crippen molar-refractivity contribution in [1.82, 2.24) is 15.5 Å². The number of halogens is 2. The molecule has 19 heavy (non-hydrogen) atoms. The van der Waals surface area contributed by atoms with E-state index in [9.17, 15) is 4.39 Å². The predicted octanol–water partition coefficient (Wildman–Crippen LogP) is 3.11. The van der Waals surface area contributed by atoms with Gasteiger partial charge in [-0.25, -0.2) is 4.39 Å². The van der Waals surface area contributed by atoms with Crippen LogP contribution in [-0.4, -0.2) is 16.7 Å². The van der Waals surface area contributed by atoms with Crippen molar-refractivity contribution < 1.29 is 8.91 Å². The minimum Gasteiger partial charge on any atom is -0.337 e. The van der Waals surface area contributed by atoms with Crippen LogP contribution in [0, 0.1) is 5.82 Å². The van der Waals surface area contributed by atoms with Crippen LogP contribution >= 0.6 is 12.4 Å². The fraction of sp³-hybridized carbons (Fsp3) is 0.385. The minimum atomic E-state index is -0.332. The average Bonchev–Trinajstić information content (AvgIpc) is 2.90. The van der Waals surface area contributed by atoms with Crippen molar-refractivity contribution in [2.45, 2.75) is 25.3 Å². The Morgan fingerprint density at radius 2 is 2.11 bits per heavy atom. The summed E-state index contributed by atoms with van der Waals surface area (Å²) in [5.74, 6) is 0.532. The standard InChI is InChI=1S/C13H14FN3O.ClH/c14-10-6-2-1-5-9(10)12-16-13(18-17-12)11-7-3-4-8-15-11;/h1-2,5-6,11,15H,3-4,7-8H2;1H/t11-;/m1./s1. The maximum atomic E-state index is 13.6. The minimum absolute atomic E-state index is 0. The van der Waals surface area contributed by atoms with Crippen molar-refractivity contribution in [3.63, 3.8) is 0 Å². The molecule has 0 saturated carbocycles. The van der Waals surface area contributed by atoms with Crippen molar-refractivity contribution in [3.8, 4) is 11.4 Å². The predicted molar refractivity (Wildman–Crippen MR) is 71.5 cm³/mol. The number of nitrogens with one attached hydrogen (secondary N) is 1. The van der Waals surface area contributed by atoms with Gasteiger partial charge in [0, 0.05) is 0 Å². The highest BCUT2D eigenvalue weighted by Crippen LogP contribution is 2.25. The zero-order chi connectivity index (χ0) is 12.4. The number of piperidine rings is 1. The van der Waals surface area contributed by atoms with Crippen LogP contribution in [0.5, 0.6) is 0 Å². The molecule has 0 unspecified atom stereocenters. The molecule has 102 valence electrons. The molecule has 1 fully saturated rings. The number of nitrogens with zero attached hydrogens (tertiary/aromatic N) is 2. The van der Waals surface area contributed by atoms with Gasteiger partial charge in [0.15, 0.2) is 0 Å². The van der Waals surface area contributed by atoms with Crippen molar-refractivity contribution in [3.05, 3.63) is 36.0 Å². The second-order valence-corrected chi connectivity index (χ2v) is 4.44. The lowest BCUT2D eigenvalue weighted by molar-refractivity contribution is 0.297. The summed E-state index contributed by atoms with van der Waals surface area (Å²) in [6.45, 7) is 0.960. The van der Waals surface area contributed by atoms with Gasteiger partial charge in [-0.2, -0.15) is 4.98 Å². The number of rotatable bonds is 2. The first-order valence-corrected chi connectivity index (χ1v) is 6.16. The summed E-state index contributed by atoms with van der Waals surface area (Å²) in [6.07, 6.45) is 3.30. The molecule has 1 atom stereocenters. The van der Waals surface area contributed by atoms with Crippen LogP contribution in [0.2, 0.25) is 0 Å². The van der Waals surface area contributed by atoms with Gasteiger partial charge in [-0.15, -0.1) is 12.4 Å². The van der Waals surface area contributed by atoms with Crippen LogP contribution in [-0.2, 0) is 0 Å². The third-order valence-electron chi connectivity index (χ3n) is 3.16. The highest BCUT2D eigenvalue weighted by atomic mass is 35.5. The largest absolute Gasteiger partial charge is 0.337 e. The summed E-state index contributed by atoms with van der Waals surface area (Å²) in [5.41, 5.74) is 0.378. The summed E-state index contributed by atoms with van der Waals surface area (Å²) in [5, 5.41) is 7.18. The normalized spacial score (nSPS) is 18.9. The molecule has 1 N–H and O–H groups in total. The molecule has 1 aromatic carbocycles. The van der Waals surface area contributed by atoms with Crippen LogP contribution in [0.3, 0.4) is 0 Å². The van der Waals surface area contributed by atoms with E-state index in [0.717, 1.165) is 19.4 Å². The van der Waals surface area contributed by atoms with Gasteiger partial charge in [-0.3, -0.25) is 0 Å². The molecular weight excluding hydrogens is 269 g/mol. The highest BCUT2D eigenvalue weighted by Gasteiger charge is 2.22. The Balaban J connectivity index is 0.00000133. The lowest BCUT2D eigenvalue weighted by Crippen LogP contribution is -2.26. The van der Waals surface area contributed by atoms with Crippen LogP contribution in [0.4, 0.5) is 4.39 Å². The van der Waals surface area contributed by atoms with Crippen molar-refractivity contribution in [2.75, 3.05) is 6.54 Å². The summed E-state index contributed by atoms with van der Waals surface area (Å²) >= 11 is 0. The first-order chi connectivity index (χ1) is 8.84. The van der Waals surface area contributed by atoms with E-state index in [1.165, 1.54) is 12.5 Å². The SMILES string of the molecule is Cl.Fc1ccccc1-c1noc([C@H]2CCCCN2)n1. The van der Waals surface area contributed by atoms with Gasteiger partial charge in [0.1, 0.15) is 5.82 Å². The van der Waals surface area contributed by atoms with E-state index in [2.05, 4.69) is 15.5 Å². The molecule has 0 amide bonds. The van der Waals surface area contributed by atoms with Crippen LogP contribution in [0.15, 0.2) is 28.8 Å². The molecule has 6 heteroatoms. The zero-order valence-electron chi connectivity index (χ0n) is 10.3.